The Kier molecular flexibility index (Phi) is 7.94. The number of carbonyl (C=O) groups excluding carboxylic acids is 1. The fourth-order valence-electron chi connectivity index (χ4n) is 5.47. The minimum atomic E-state index is 0.379. The van der Waals surface area contributed by atoms with E-state index in [0.717, 1.165) is 24.9 Å². The molecule has 3 nitrogen and oxygen atoms in total. The van der Waals surface area contributed by atoms with Crippen molar-refractivity contribution in [2.45, 2.75) is 97.6 Å². The van der Waals surface area contributed by atoms with Gasteiger partial charge in [-0.1, -0.05) is 20.8 Å². The maximum Gasteiger partial charge on any atom is 0.132 e. The van der Waals surface area contributed by atoms with Gasteiger partial charge in [0, 0.05) is 18.0 Å². The standard InChI is InChI=1S/C20H36N2O.C2H6/c1-4-11-21(3)18-7-12-22(13-8-18)19-14-20(15-19)9-5-17(6-10-20)16(2)23;1-2/h17-19H,4-15H2,1-3H3;1-2H3. The van der Waals surface area contributed by atoms with E-state index >= 15 is 0 Å². The van der Waals surface area contributed by atoms with E-state index in [4.69, 9.17) is 0 Å². The highest BCUT2D eigenvalue weighted by Crippen LogP contribution is 2.54. The van der Waals surface area contributed by atoms with Crippen LogP contribution < -0.4 is 0 Å². The van der Waals surface area contributed by atoms with Crippen molar-refractivity contribution in [1.82, 2.24) is 9.80 Å². The van der Waals surface area contributed by atoms with Crippen LogP contribution in [0.2, 0.25) is 0 Å². The van der Waals surface area contributed by atoms with Gasteiger partial charge in [0.05, 0.1) is 0 Å². The summed E-state index contributed by atoms with van der Waals surface area (Å²) in [4.78, 5) is 16.9. The van der Waals surface area contributed by atoms with Crippen LogP contribution >= 0.6 is 0 Å². The van der Waals surface area contributed by atoms with Crippen LogP contribution in [-0.4, -0.2) is 54.3 Å². The Hall–Kier alpha value is -0.410. The number of Topliss-reactive ketones (excluding diaryl/α,β-unsaturated/α-hetero) is 1. The van der Waals surface area contributed by atoms with Crippen molar-refractivity contribution >= 4 is 5.78 Å². The molecule has 1 aliphatic heterocycles. The van der Waals surface area contributed by atoms with Crippen LogP contribution in [-0.2, 0) is 4.79 Å². The summed E-state index contributed by atoms with van der Waals surface area (Å²) in [6, 6.07) is 1.66. The van der Waals surface area contributed by atoms with Crippen LogP contribution in [0.4, 0.5) is 0 Å². The molecule has 0 radical (unpaired) electrons. The fraction of sp³-hybridized carbons (Fsp3) is 0.955. The van der Waals surface area contributed by atoms with Gasteiger partial charge in [-0.25, -0.2) is 0 Å². The Labute approximate surface area is 156 Å². The summed E-state index contributed by atoms with van der Waals surface area (Å²) in [5.41, 5.74) is 0.618. The number of likely N-dealkylation sites (tertiary alicyclic amines) is 1. The number of piperidine rings is 1. The molecule has 3 heteroatoms. The number of nitrogens with zero attached hydrogens (tertiary/aromatic N) is 2. The SMILES string of the molecule is CC.CCCN(C)C1CCN(C2CC3(CCC(C(C)=O)CC3)C2)CC1. The van der Waals surface area contributed by atoms with Gasteiger partial charge < -0.3 is 9.80 Å². The van der Waals surface area contributed by atoms with E-state index in [-0.39, 0.29) is 0 Å². The Morgan fingerprint density at radius 2 is 1.64 bits per heavy atom. The summed E-state index contributed by atoms with van der Waals surface area (Å²) in [5, 5.41) is 0. The molecule has 0 aromatic heterocycles. The molecule has 1 heterocycles. The van der Waals surface area contributed by atoms with Crippen molar-refractivity contribution in [2.24, 2.45) is 11.3 Å². The normalized spacial score (nSPS) is 33.7. The third kappa shape index (κ3) is 5.07. The Morgan fingerprint density at radius 3 is 2.12 bits per heavy atom. The van der Waals surface area contributed by atoms with Crippen molar-refractivity contribution in [3.05, 3.63) is 0 Å². The topological polar surface area (TPSA) is 23.6 Å². The van der Waals surface area contributed by atoms with Crippen LogP contribution in [0.15, 0.2) is 0 Å². The molecular weight excluding hydrogens is 308 g/mol. The largest absolute Gasteiger partial charge is 0.303 e. The van der Waals surface area contributed by atoms with E-state index in [0.29, 0.717) is 17.1 Å². The molecule has 0 N–H and O–H groups in total. The monoisotopic (exact) mass is 350 g/mol. The van der Waals surface area contributed by atoms with Gasteiger partial charge in [0.15, 0.2) is 0 Å². The van der Waals surface area contributed by atoms with Crippen molar-refractivity contribution < 1.29 is 4.79 Å². The summed E-state index contributed by atoms with van der Waals surface area (Å²) in [6.07, 6.45) is 11.7. The van der Waals surface area contributed by atoms with Gasteiger partial charge in [-0.3, -0.25) is 4.79 Å². The Bertz CT molecular complexity index is 398. The van der Waals surface area contributed by atoms with Gasteiger partial charge in [-0.15, -0.1) is 0 Å². The molecule has 1 spiro atoms. The molecular formula is C22H42N2O. The average Bonchev–Trinajstić information content (AvgIpc) is 2.62. The summed E-state index contributed by atoms with van der Waals surface area (Å²) in [7, 11) is 2.30. The fourth-order valence-corrected chi connectivity index (χ4v) is 5.47. The van der Waals surface area contributed by atoms with E-state index in [1.54, 1.807) is 6.92 Å². The van der Waals surface area contributed by atoms with Crippen molar-refractivity contribution in [2.75, 3.05) is 26.7 Å². The molecule has 25 heavy (non-hydrogen) atoms. The Balaban J connectivity index is 0.00000109. The first-order valence-electron chi connectivity index (χ1n) is 11.0. The number of hydrogen-bond donors (Lipinski definition) is 0. The van der Waals surface area contributed by atoms with E-state index < -0.39 is 0 Å². The summed E-state index contributed by atoms with van der Waals surface area (Å²) in [5.74, 6) is 0.804. The number of rotatable bonds is 5. The lowest BCUT2D eigenvalue weighted by molar-refractivity contribution is -0.124. The van der Waals surface area contributed by atoms with E-state index in [1.807, 2.05) is 13.8 Å². The molecule has 2 aliphatic carbocycles. The molecule has 3 fully saturated rings. The maximum atomic E-state index is 11.5. The maximum absolute atomic E-state index is 11.5. The number of ketones is 1. The van der Waals surface area contributed by atoms with Gasteiger partial charge in [-0.2, -0.15) is 0 Å². The van der Waals surface area contributed by atoms with Crippen LogP contribution in [0.3, 0.4) is 0 Å². The zero-order chi connectivity index (χ0) is 18.4. The second-order valence-corrected chi connectivity index (χ2v) is 8.69. The predicted octanol–water partition coefficient (Wildman–Crippen LogP) is 4.75. The summed E-state index contributed by atoms with van der Waals surface area (Å²) >= 11 is 0. The summed E-state index contributed by atoms with van der Waals surface area (Å²) < 4.78 is 0. The highest BCUT2D eigenvalue weighted by Gasteiger charge is 2.48. The van der Waals surface area contributed by atoms with Gasteiger partial charge in [0.25, 0.3) is 0 Å². The summed E-state index contributed by atoms with van der Waals surface area (Å²) in [6.45, 7) is 11.9. The van der Waals surface area contributed by atoms with Crippen LogP contribution in [0.5, 0.6) is 0 Å². The van der Waals surface area contributed by atoms with Gasteiger partial charge in [-0.05, 0) is 96.8 Å². The molecule has 0 aromatic rings. The molecule has 0 bridgehead atoms. The lowest BCUT2D eigenvalue weighted by atomic mass is 9.56. The smallest absolute Gasteiger partial charge is 0.132 e. The second-order valence-electron chi connectivity index (χ2n) is 8.69. The highest BCUT2D eigenvalue weighted by atomic mass is 16.1. The molecule has 3 rings (SSSR count). The lowest BCUT2D eigenvalue weighted by Crippen LogP contribution is -2.55. The lowest BCUT2D eigenvalue weighted by Gasteiger charge is -2.56. The molecule has 2 saturated carbocycles. The van der Waals surface area contributed by atoms with Crippen molar-refractivity contribution in [1.29, 1.82) is 0 Å². The first kappa shape index (κ1) is 20.9. The molecule has 146 valence electrons. The van der Waals surface area contributed by atoms with Gasteiger partial charge in [0.1, 0.15) is 5.78 Å². The molecule has 1 saturated heterocycles. The quantitative estimate of drug-likeness (QED) is 0.715. The minimum absolute atomic E-state index is 0.379. The molecule has 0 atom stereocenters. The van der Waals surface area contributed by atoms with Crippen molar-refractivity contribution in [3.63, 3.8) is 0 Å². The van der Waals surface area contributed by atoms with Crippen LogP contribution in [0, 0.1) is 11.3 Å². The van der Waals surface area contributed by atoms with E-state index in [2.05, 4.69) is 23.8 Å². The van der Waals surface area contributed by atoms with Gasteiger partial charge >= 0.3 is 0 Å². The molecule has 0 amide bonds. The first-order valence-corrected chi connectivity index (χ1v) is 11.0. The van der Waals surface area contributed by atoms with Crippen LogP contribution in [0.25, 0.3) is 0 Å². The van der Waals surface area contributed by atoms with E-state index in [9.17, 15) is 4.79 Å². The number of hydrogen-bond acceptors (Lipinski definition) is 3. The minimum Gasteiger partial charge on any atom is -0.303 e. The highest BCUT2D eigenvalue weighted by molar-refractivity contribution is 5.78. The molecule has 0 unspecified atom stereocenters. The molecule has 0 aromatic carbocycles. The zero-order valence-corrected chi connectivity index (χ0v) is 17.5. The Morgan fingerprint density at radius 1 is 1.08 bits per heavy atom. The van der Waals surface area contributed by atoms with Gasteiger partial charge in [0.2, 0.25) is 0 Å². The third-order valence-corrected chi connectivity index (χ3v) is 7.17. The first-order chi connectivity index (χ1) is 12.0. The van der Waals surface area contributed by atoms with Crippen LogP contribution in [0.1, 0.15) is 85.5 Å². The number of carbonyl (C=O) groups is 1. The average molecular weight is 351 g/mol. The zero-order valence-electron chi connectivity index (χ0n) is 17.5. The predicted molar refractivity (Wildman–Crippen MR) is 107 cm³/mol. The third-order valence-electron chi connectivity index (χ3n) is 7.17. The van der Waals surface area contributed by atoms with Crippen molar-refractivity contribution in [3.8, 4) is 0 Å². The van der Waals surface area contributed by atoms with E-state index in [1.165, 1.54) is 64.6 Å². The second kappa shape index (κ2) is 9.50. The molecule has 3 aliphatic rings.